The predicted octanol–water partition coefficient (Wildman–Crippen LogP) is 2.21. The van der Waals surface area contributed by atoms with Gasteiger partial charge < -0.3 is 15.4 Å². The number of rotatable bonds is 6. The van der Waals surface area contributed by atoms with Gasteiger partial charge >= 0.3 is 6.09 Å². The Morgan fingerprint density at radius 3 is 2.58 bits per heavy atom. The van der Waals surface area contributed by atoms with Crippen molar-refractivity contribution in [3.05, 3.63) is 39.9 Å². The Labute approximate surface area is 139 Å². The maximum atomic E-state index is 12.5. The first-order valence-electron chi connectivity index (χ1n) is 7.68. The zero-order valence-corrected chi connectivity index (χ0v) is 13.7. The molecule has 0 aliphatic carbocycles. The molecule has 1 aliphatic rings. The fraction of sp³-hybridized carbons (Fsp3) is 0.500. The highest BCUT2D eigenvalue weighted by Gasteiger charge is 2.37. The second kappa shape index (κ2) is 6.86. The van der Waals surface area contributed by atoms with Crippen molar-refractivity contribution in [3.63, 3.8) is 0 Å². The number of nitro benzene ring substituents is 1. The van der Waals surface area contributed by atoms with Crippen LogP contribution in [0.2, 0.25) is 0 Å². The first-order valence-corrected chi connectivity index (χ1v) is 7.68. The van der Waals surface area contributed by atoms with Crippen molar-refractivity contribution in [3.8, 4) is 0 Å². The molecule has 0 unspecified atom stereocenters. The number of amides is 2. The molecule has 0 saturated carbocycles. The van der Waals surface area contributed by atoms with Gasteiger partial charge in [-0.3, -0.25) is 14.9 Å². The monoisotopic (exact) mass is 335 g/mol. The number of carbonyl (C=O) groups is 2. The molecule has 8 nitrogen and oxygen atoms in total. The summed E-state index contributed by atoms with van der Waals surface area (Å²) in [5, 5.41) is 10.7. The summed E-state index contributed by atoms with van der Waals surface area (Å²) < 4.78 is 5.04. The lowest BCUT2D eigenvalue weighted by atomic mass is 9.92. The molecule has 1 aromatic rings. The van der Waals surface area contributed by atoms with E-state index in [1.807, 2.05) is 0 Å². The number of carbonyl (C=O) groups excluding carboxylic acids is 2. The van der Waals surface area contributed by atoms with Crippen LogP contribution in [-0.2, 0) is 16.1 Å². The maximum Gasteiger partial charge on any atom is 0.405 e. The average molecular weight is 335 g/mol. The third-order valence-electron chi connectivity index (χ3n) is 4.04. The van der Waals surface area contributed by atoms with Gasteiger partial charge in [-0.05, 0) is 32.3 Å². The first-order chi connectivity index (χ1) is 11.2. The summed E-state index contributed by atoms with van der Waals surface area (Å²) in [6.07, 6.45) is 0.233. The van der Waals surface area contributed by atoms with Crippen LogP contribution in [0.1, 0.15) is 32.3 Å². The van der Waals surface area contributed by atoms with Gasteiger partial charge in [0.25, 0.3) is 5.69 Å². The minimum absolute atomic E-state index is 0.00509. The molecule has 1 fully saturated rings. The van der Waals surface area contributed by atoms with Gasteiger partial charge in [0, 0.05) is 31.1 Å². The summed E-state index contributed by atoms with van der Waals surface area (Å²) in [5.74, 6) is -0.230. The van der Waals surface area contributed by atoms with Crippen molar-refractivity contribution >= 4 is 17.7 Å². The number of nitrogens with zero attached hydrogens (tertiary/aromatic N) is 2. The van der Waals surface area contributed by atoms with Crippen molar-refractivity contribution in [2.45, 2.75) is 38.8 Å². The largest absolute Gasteiger partial charge is 0.444 e. The summed E-state index contributed by atoms with van der Waals surface area (Å²) in [7, 11) is 0. The summed E-state index contributed by atoms with van der Waals surface area (Å²) in [6, 6.07) is 6.16. The molecular weight excluding hydrogens is 314 g/mol. The molecular formula is C16H21N3O5. The standard InChI is InChI=1S/C16H21N3O5/c1-16(2,24-15(17)21)9-12-7-8-18(14(12)20)10-11-3-5-13(6-4-11)19(22)23/h3-6,12H,7-10H2,1-2H3,(H2,17,21)/t12-/m0/s1. The van der Waals surface area contributed by atoms with Gasteiger partial charge in [0.15, 0.2) is 0 Å². The minimum Gasteiger partial charge on any atom is -0.444 e. The van der Waals surface area contributed by atoms with E-state index in [9.17, 15) is 19.7 Å². The molecule has 1 atom stereocenters. The highest BCUT2D eigenvalue weighted by Crippen LogP contribution is 2.30. The van der Waals surface area contributed by atoms with E-state index in [0.29, 0.717) is 25.9 Å². The average Bonchev–Trinajstić information content (AvgIpc) is 2.79. The summed E-state index contributed by atoms with van der Waals surface area (Å²) in [4.78, 5) is 35.3. The molecule has 1 aromatic carbocycles. The number of ether oxygens (including phenoxy) is 1. The van der Waals surface area contributed by atoms with E-state index < -0.39 is 16.6 Å². The first kappa shape index (κ1) is 17.7. The van der Waals surface area contributed by atoms with E-state index in [1.54, 1.807) is 30.9 Å². The lowest BCUT2D eigenvalue weighted by Gasteiger charge is -2.26. The Bertz CT molecular complexity index is 642. The maximum absolute atomic E-state index is 12.5. The third-order valence-corrected chi connectivity index (χ3v) is 4.04. The van der Waals surface area contributed by atoms with Crippen LogP contribution < -0.4 is 5.73 Å². The number of non-ortho nitro benzene ring substituents is 1. The Morgan fingerprint density at radius 2 is 2.04 bits per heavy atom. The van der Waals surface area contributed by atoms with Crippen LogP contribution in [0.5, 0.6) is 0 Å². The van der Waals surface area contributed by atoms with Crippen molar-refractivity contribution < 1.29 is 19.2 Å². The number of hydrogen-bond acceptors (Lipinski definition) is 5. The highest BCUT2D eigenvalue weighted by molar-refractivity contribution is 5.81. The smallest absolute Gasteiger partial charge is 0.405 e. The van der Waals surface area contributed by atoms with E-state index in [0.717, 1.165) is 5.56 Å². The van der Waals surface area contributed by atoms with Crippen molar-refractivity contribution in [1.82, 2.24) is 4.90 Å². The molecule has 8 heteroatoms. The fourth-order valence-electron chi connectivity index (χ4n) is 3.00. The van der Waals surface area contributed by atoms with Crippen LogP contribution in [0.4, 0.5) is 10.5 Å². The number of nitro groups is 1. The molecule has 24 heavy (non-hydrogen) atoms. The van der Waals surface area contributed by atoms with Gasteiger partial charge in [0.2, 0.25) is 5.91 Å². The molecule has 1 saturated heterocycles. The van der Waals surface area contributed by atoms with E-state index in [1.165, 1.54) is 12.1 Å². The Balaban J connectivity index is 1.96. The van der Waals surface area contributed by atoms with E-state index in [4.69, 9.17) is 10.5 Å². The summed E-state index contributed by atoms with van der Waals surface area (Å²) in [6.45, 7) is 4.46. The normalized spacial score (nSPS) is 17.8. The molecule has 0 bridgehead atoms. The van der Waals surface area contributed by atoms with Crippen LogP contribution in [0.25, 0.3) is 0 Å². The zero-order chi connectivity index (χ0) is 17.9. The number of primary amides is 1. The van der Waals surface area contributed by atoms with Crippen molar-refractivity contribution in [2.24, 2.45) is 11.7 Å². The Kier molecular flexibility index (Phi) is 5.06. The minimum atomic E-state index is -0.854. The Hall–Kier alpha value is -2.64. The SMILES string of the molecule is CC(C)(C[C@@H]1CCN(Cc2ccc([N+](=O)[O-])cc2)C1=O)OC(N)=O. The van der Waals surface area contributed by atoms with Crippen molar-refractivity contribution in [2.75, 3.05) is 6.54 Å². The van der Waals surface area contributed by atoms with Gasteiger partial charge in [-0.1, -0.05) is 12.1 Å². The van der Waals surface area contributed by atoms with Crippen molar-refractivity contribution in [1.29, 1.82) is 0 Å². The molecule has 1 heterocycles. The molecule has 0 spiro atoms. The van der Waals surface area contributed by atoms with E-state index in [2.05, 4.69) is 0 Å². The van der Waals surface area contributed by atoms with Gasteiger partial charge in [-0.2, -0.15) is 0 Å². The third kappa shape index (κ3) is 4.43. The van der Waals surface area contributed by atoms with Crippen LogP contribution in [0.15, 0.2) is 24.3 Å². The van der Waals surface area contributed by atoms with Gasteiger partial charge in [-0.25, -0.2) is 4.79 Å². The molecule has 0 radical (unpaired) electrons. The molecule has 2 rings (SSSR count). The van der Waals surface area contributed by atoms with Crippen LogP contribution in [0, 0.1) is 16.0 Å². The zero-order valence-electron chi connectivity index (χ0n) is 13.7. The Morgan fingerprint density at radius 1 is 1.42 bits per heavy atom. The van der Waals surface area contributed by atoms with Crippen LogP contribution in [-0.4, -0.2) is 34.0 Å². The quantitative estimate of drug-likeness (QED) is 0.632. The van der Waals surface area contributed by atoms with Crippen LogP contribution >= 0.6 is 0 Å². The highest BCUT2D eigenvalue weighted by atomic mass is 16.6. The lowest BCUT2D eigenvalue weighted by Crippen LogP contribution is -2.35. The molecule has 0 aromatic heterocycles. The molecule has 2 amide bonds. The fourth-order valence-corrected chi connectivity index (χ4v) is 3.00. The molecule has 2 N–H and O–H groups in total. The number of nitrogens with two attached hydrogens (primary N) is 1. The summed E-state index contributed by atoms with van der Waals surface area (Å²) >= 11 is 0. The number of benzene rings is 1. The second-order valence-corrected chi connectivity index (χ2v) is 6.55. The van der Waals surface area contributed by atoms with Crippen LogP contribution in [0.3, 0.4) is 0 Å². The van der Waals surface area contributed by atoms with E-state index >= 15 is 0 Å². The predicted molar refractivity (Wildman–Crippen MR) is 86.0 cm³/mol. The second-order valence-electron chi connectivity index (χ2n) is 6.55. The number of likely N-dealkylation sites (tertiary alicyclic amines) is 1. The number of hydrogen-bond donors (Lipinski definition) is 1. The molecule has 130 valence electrons. The van der Waals surface area contributed by atoms with Gasteiger partial charge in [0.05, 0.1) is 4.92 Å². The van der Waals surface area contributed by atoms with Gasteiger partial charge in [-0.15, -0.1) is 0 Å². The summed E-state index contributed by atoms with van der Waals surface area (Å²) in [5.41, 5.74) is 5.11. The molecule has 1 aliphatic heterocycles. The van der Waals surface area contributed by atoms with E-state index in [-0.39, 0.29) is 17.5 Å². The topological polar surface area (TPSA) is 116 Å². The van der Waals surface area contributed by atoms with Gasteiger partial charge in [0.1, 0.15) is 5.60 Å². The lowest BCUT2D eigenvalue weighted by molar-refractivity contribution is -0.384.